The minimum absolute atomic E-state index is 0.191. The van der Waals surface area contributed by atoms with Crippen molar-refractivity contribution >= 4 is 58.9 Å². The molecule has 0 aromatic heterocycles. The third kappa shape index (κ3) is 3.97. The highest BCUT2D eigenvalue weighted by Gasteiger charge is 2.40. The molecule has 2 aromatic rings. The summed E-state index contributed by atoms with van der Waals surface area (Å²) in [6, 6.07) is 7.68. The average Bonchev–Trinajstić information content (AvgIpc) is 3.59. The molecule has 36 heavy (non-hydrogen) atoms. The number of imide groups is 1. The van der Waals surface area contributed by atoms with Crippen LogP contribution < -0.4 is 0 Å². The number of nitrogens with zero attached hydrogens (tertiary/aromatic N) is 2. The van der Waals surface area contributed by atoms with E-state index in [2.05, 4.69) is 6.92 Å². The number of amides is 2. The molecule has 4 aliphatic rings. The molecule has 0 saturated carbocycles. The van der Waals surface area contributed by atoms with Gasteiger partial charge in [-0.15, -0.1) is 0 Å². The minimum atomic E-state index is -1.04. The zero-order valence-electron chi connectivity index (χ0n) is 19.9. The lowest BCUT2D eigenvalue weighted by Gasteiger charge is -2.22. The number of aliphatic hydroxyl groups is 1. The number of rotatable bonds is 6. The van der Waals surface area contributed by atoms with Gasteiger partial charge in [0.15, 0.2) is 6.23 Å². The van der Waals surface area contributed by atoms with Crippen molar-refractivity contribution in [3.05, 3.63) is 55.0 Å². The van der Waals surface area contributed by atoms with E-state index in [1.54, 1.807) is 51.9 Å². The standard InChI is InChI=1S/C26H25N2O4S4/c1-3-5-7-27-21(29)13-9-17-18(10-14(13)22(27)30)34-25(33-17)26-35-19-11-15-16(12-20(19)36-26)24(32)28(23(15)31)8-6-4-2/h9-12,21-22,29H,3-8H2,1-2H3. The number of thioether (sulfide) groups is 4. The van der Waals surface area contributed by atoms with Crippen molar-refractivity contribution in [3.63, 3.8) is 0 Å². The normalized spacial score (nSPS) is 22.5. The summed E-state index contributed by atoms with van der Waals surface area (Å²) in [5.74, 6) is -0.383. The van der Waals surface area contributed by atoms with E-state index < -0.39 is 12.5 Å². The Morgan fingerprint density at radius 2 is 1.22 bits per heavy atom. The second kappa shape index (κ2) is 9.72. The fraction of sp³-hybridized carbons (Fsp3) is 0.385. The highest BCUT2D eigenvalue weighted by Crippen LogP contribution is 2.62. The number of carbonyl (C=O) groups excluding carboxylic acids is 2. The molecule has 187 valence electrons. The molecule has 0 aliphatic carbocycles. The van der Waals surface area contributed by atoms with Crippen LogP contribution in [-0.2, 0) is 5.11 Å². The van der Waals surface area contributed by atoms with Crippen LogP contribution in [0.1, 0.15) is 83.8 Å². The summed E-state index contributed by atoms with van der Waals surface area (Å²) in [5.41, 5.74) is 2.40. The van der Waals surface area contributed by atoms with Crippen molar-refractivity contribution in [3.8, 4) is 0 Å². The topological polar surface area (TPSA) is 80.8 Å². The maximum absolute atomic E-state index is 13.0. The first-order chi connectivity index (χ1) is 17.4. The fourth-order valence-electron chi connectivity index (χ4n) is 4.84. The molecule has 2 amide bonds. The molecule has 1 radical (unpaired) electrons. The lowest BCUT2D eigenvalue weighted by molar-refractivity contribution is -0.115. The molecule has 6 rings (SSSR count). The Morgan fingerprint density at radius 3 is 1.75 bits per heavy atom. The highest BCUT2D eigenvalue weighted by atomic mass is 32.2. The number of fused-ring (bicyclic) bond motifs is 4. The Morgan fingerprint density at radius 1 is 0.750 bits per heavy atom. The van der Waals surface area contributed by atoms with Gasteiger partial charge in [0.25, 0.3) is 11.8 Å². The van der Waals surface area contributed by atoms with Crippen molar-refractivity contribution in [2.24, 2.45) is 0 Å². The Kier molecular flexibility index (Phi) is 6.73. The predicted octanol–water partition coefficient (Wildman–Crippen LogP) is 6.84. The molecule has 4 aliphatic heterocycles. The molecule has 0 spiro atoms. The van der Waals surface area contributed by atoms with E-state index in [4.69, 9.17) is 0 Å². The monoisotopic (exact) mass is 557 g/mol. The lowest BCUT2D eigenvalue weighted by atomic mass is 10.1. The van der Waals surface area contributed by atoms with E-state index in [0.29, 0.717) is 29.8 Å². The molecule has 0 bridgehead atoms. The Balaban J connectivity index is 1.23. The molecule has 1 N–H and O–H groups in total. The van der Waals surface area contributed by atoms with Gasteiger partial charge in [0, 0.05) is 43.8 Å². The van der Waals surface area contributed by atoms with Crippen molar-refractivity contribution in [1.82, 2.24) is 9.80 Å². The Labute approximate surface area is 227 Å². The molecule has 0 saturated heterocycles. The number of hydrogen-bond acceptors (Lipinski definition) is 8. The van der Waals surface area contributed by atoms with E-state index in [9.17, 15) is 19.8 Å². The summed E-state index contributed by atoms with van der Waals surface area (Å²) in [5, 5.41) is 23.8. The summed E-state index contributed by atoms with van der Waals surface area (Å²) in [4.78, 5) is 32.8. The van der Waals surface area contributed by atoms with Crippen LogP contribution in [0.15, 0.2) is 52.3 Å². The number of aliphatic hydroxyl groups excluding tert-OH is 1. The van der Waals surface area contributed by atoms with Crippen LogP contribution >= 0.6 is 47.0 Å². The van der Waals surface area contributed by atoms with Gasteiger partial charge in [-0.05, 0) is 37.1 Å². The van der Waals surface area contributed by atoms with Gasteiger partial charge >= 0.3 is 0 Å². The van der Waals surface area contributed by atoms with Crippen LogP contribution in [0.5, 0.6) is 0 Å². The van der Waals surface area contributed by atoms with Gasteiger partial charge in [0.1, 0.15) is 6.23 Å². The summed E-state index contributed by atoms with van der Waals surface area (Å²) < 4.78 is 2.24. The number of benzene rings is 2. The van der Waals surface area contributed by atoms with Crippen molar-refractivity contribution in [2.45, 2.75) is 71.6 Å². The molecular formula is C26H25N2O4S4. The van der Waals surface area contributed by atoms with Crippen LogP contribution in [0.2, 0.25) is 0 Å². The summed E-state index contributed by atoms with van der Waals surface area (Å²) >= 11 is 6.57. The SMILES string of the molecule is CCCCN1C(=O)c2cc3c(cc2C1=O)SC(=C1Sc2cc4c(cc2S1)C(O)N(CCCC)C4[O])S3. The lowest BCUT2D eigenvalue weighted by Crippen LogP contribution is -2.30. The van der Waals surface area contributed by atoms with Crippen LogP contribution in [-0.4, -0.2) is 39.8 Å². The smallest absolute Gasteiger partial charge is 0.261 e. The van der Waals surface area contributed by atoms with E-state index in [0.717, 1.165) is 59.3 Å². The minimum Gasteiger partial charge on any atom is -0.374 e. The fourth-order valence-corrected chi connectivity index (χ4v) is 10.2. The molecule has 2 aromatic carbocycles. The van der Waals surface area contributed by atoms with Gasteiger partial charge in [0.2, 0.25) is 0 Å². The summed E-state index contributed by atoms with van der Waals surface area (Å²) in [6.45, 7) is 5.18. The van der Waals surface area contributed by atoms with Gasteiger partial charge in [-0.3, -0.25) is 14.5 Å². The van der Waals surface area contributed by atoms with E-state index in [1.807, 2.05) is 31.2 Å². The molecule has 0 fully saturated rings. The second-order valence-electron chi connectivity index (χ2n) is 9.19. The van der Waals surface area contributed by atoms with E-state index >= 15 is 0 Å². The molecule has 2 unspecified atom stereocenters. The Bertz CT molecular complexity index is 1240. The zero-order valence-corrected chi connectivity index (χ0v) is 23.2. The zero-order chi connectivity index (χ0) is 25.1. The first kappa shape index (κ1) is 24.9. The van der Waals surface area contributed by atoms with Crippen LogP contribution in [0, 0.1) is 0 Å². The number of carbonyl (C=O) groups is 2. The molecule has 10 heteroatoms. The van der Waals surface area contributed by atoms with Crippen LogP contribution in [0.25, 0.3) is 0 Å². The van der Waals surface area contributed by atoms with Gasteiger partial charge < -0.3 is 5.11 Å². The van der Waals surface area contributed by atoms with E-state index in [1.165, 1.54) is 4.90 Å². The van der Waals surface area contributed by atoms with Crippen LogP contribution in [0.3, 0.4) is 0 Å². The van der Waals surface area contributed by atoms with Gasteiger partial charge in [0.05, 0.1) is 19.6 Å². The third-order valence-electron chi connectivity index (χ3n) is 6.83. The average molecular weight is 558 g/mol. The molecule has 6 nitrogen and oxygen atoms in total. The predicted molar refractivity (Wildman–Crippen MR) is 144 cm³/mol. The Hall–Kier alpha value is -1.40. The number of hydrogen-bond donors (Lipinski definition) is 1. The quantitative estimate of drug-likeness (QED) is 0.387. The van der Waals surface area contributed by atoms with Gasteiger partial charge in [-0.2, -0.15) is 0 Å². The molecule has 4 heterocycles. The highest BCUT2D eigenvalue weighted by molar-refractivity contribution is 8.30. The van der Waals surface area contributed by atoms with Crippen LogP contribution in [0.4, 0.5) is 0 Å². The maximum atomic E-state index is 13.0. The van der Waals surface area contributed by atoms with E-state index in [-0.39, 0.29) is 11.8 Å². The van der Waals surface area contributed by atoms with Gasteiger partial charge in [-0.1, -0.05) is 73.7 Å². The van der Waals surface area contributed by atoms with Crippen molar-refractivity contribution in [1.29, 1.82) is 0 Å². The van der Waals surface area contributed by atoms with Crippen molar-refractivity contribution in [2.75, 3.05) is 13.1 Å². The first-order valence-corrected chi connectivity index (χ1v) is 15.4. The van der Waals surface area contributed by atoms with Crippen molar-refractivity contribution < 1.29 is 19.8 Å². The third-order valence-corrected chi connectivity index (χ3v) is 12.4. The molecular weight excluding hydrogens is 533 g/mol. The molecule has 2 atom stereocenters. The summed E-state index contributed by atoms with van der Waals surface area (Å²) in [6.07, 6.45) is 1.71. The first-order valence-electron chi connectivity index (χ1n) is 12.2. The summed E-state index contributed by atoms with van der Waals surface area (Å²) in [7, 11) is 0. The maximum Gasteiger partial charge on any atom is 0.261 e. The second-order valence-corrected chi connectivity index (χ2v) is 13.9. The van der Waals surface area contributed by atoms with Gasteiger partial charge in [-0.25, -0.2) is 10.0 Å². The largest absolute Gasteiger partial charge is 0.374 e. The number of unbranched alkanes of at least 4 members (excludes halogenated alkanes) is 2.